The first-order chi connectivity index (χ1) is 11.0. The Morgan fingerprint density at radius 1 is 1.26 bits per heavy atom. The number of hydrogen-bond acceptors (Lipinski definition) is 4. The van der Waals surface area contributed by atoms with Crippen LogP contribution in [-0.4, -0.2) is 53.0 Å². The molecule has 122 valence electrons. The van der Waals surface area contributed by atoms with Gasteiger partial charge in [-0.2, -0.15) is 0 Å². The van der Waals surface area contributed by atoms with Gasteiger partial charge in [0, 0.05) is 44.5 Å². The van der Waals surface area contributed by atoms with Crippen LogP contribution in [0.1, 0.15) is 12.1 Å². The third kappa shape index (κ3) is 2.69. The summed E-state index contributed by atoms with van der Waals surface area (Å²) in [6, 6.07) is 7.68. The molecule has 1 aromatic carbocycles. The van der Waals surface area contributed by atoms with Gasteiger partial charge in [0.2, 0.25) is 5.91 Å². The van der Waals surface area contributed by atoms with Crippen molar-refractivity contribution in [3.63, 3.8) is 0 Å². The van der Waals surface area contributed by atoms with E-state index in [4.69, 9.17) is 4.52 Å². The molecule has 7 heteroatoms. The van der Waals surface area contributed by atoms with Crippen LogP contribution in [0.4, 0.5) is 8.78 Å². The highest BCUT2D eigenvalue weighted by molar-refractivity contribution is 5.83. The molecule has 5 nitrogen and oxygen atoms in total. The SMILES string of the molecule is O=C(C1CC1(F)F)N1CCN(Cc2noc3ccccc23)CC1. The molecular formula is C16H17F2N3O2. The van der Waals surface area contributed by atoms with Gasteiger partial charge in [0.1, 0.15) is 11.6 Å². The van der Waals surface area contributed by atoms with Crippen molar-refractivity contribution in [2.24, 2.45) is 5.92 Å². The quantitative estimate of drug-likeness (QED) is 0.869. The van der Waals surface area contributed by atoms with Gasteiger partial charge >= 0.3 is 0 Å². The van der Waals surface area contributed by atoms with Crippen molar-refractivity contribution in [1.29, 1.82) is 0 Å². The van der Waals surface area contributed by atoms with Crippen molar-refractivity contribution < 1.29 is 18.1 Å². The molecule has 1 atom stereocenters. The zero-order valence-electron chi connectivity index (χ0n) is 12.5. The Labute approximate surface area is 131 Å². The van der Waals surface area contributed by atoms with Crippen LogP contribution in [0.25, 0.3) is 11.0 Å². The van der Waals surface area contributed by atoms with Crippen LogP contribution in [-0.2, 0) is 11.3 Å². The normalized spacial score (nSPS) is 24.1. The van der Waals surface area contributed by atoms with Gasteiger partial charge in [0.25, 0.3) is 5.92 Å². The number of amides is 1. The Morgan fingerprint density at radius 2 is 1.96 bits per heavy atom. The standard InChI is InChI=1S/C16H17F2N3O2/c17-16(18)9-12(16)15(22)21-7-5-20(6-8-21)10-13-11-3-1-2-4-14(11)23-19-13/h1-4,12H,5-10H2. The fourth-order valence-corrected chi connectivity index (χ4v) is 3.09. The van der Waals surface area contributed by atoms with Crippen LogP contribution >= 0.6 is 0 Å². The molecule has 1 amide bonds. The van der Waals surface area contributed by atoms with E-state index in [1.807, 2.05) is 24.3 Å². The molecule has 1 unspecified atom stereocenters. The number of piperazine rings is 1. The second kappa shape index (κ2) is 5.26. The van der Waals surface area contributed by atoms with Gasteiger partial charge in [-0.05, 0) is 12.1 Å². The summed E-state index contributed by atoms with van der Waals surface area (Å²) in [6.07, 6.45) is -0.295. The molecule has 0 spiro atoms. The molecule has 2 heterocycles. The summed E-state index contributed by atoms with van der Waals surface area (Å²) < 4.78 is 31.3. The number of carbonyl (C=O) groups is 1. The van der Waals surface area contributed by atoms with Crippen molar-refractivity contribution in [1.82, 2.24) is 15.0 Å². The average Bonchev–Trinajstić information content (AvgIpc) is 3.01. The van der Waals surface area contributed by atoms with Crippen LogP contribution in [0.3, 0.4) is 0 Å². The smallest absolute Gasteiger partial charge is 0.260 e. The highest BCUT2D eigenvalue weighted by Gasteiger charge is 2.62. The van der Waals surface area contributed by atoms with Gasteiger partial charge in [0.15, 0.2) is 5.58 Å². The van der Waals surface area contributed by atoms with Gasteiger partial charge in [-0.25, -0.2) is 8.78 Å². The van der Waals surface area contributed by atoms with E-state index in [1.165, 1.54) is 0 Å². The van der Waals surface area contributed by atoms with Crippen molar-refractivity contribution in [2.75, 3.05) is 26.2 Å². The molecule has 2 aliphatic rings. The van der Waals surface area contributed by atoms with Crippen molar-refractivity contribution in [3.05, 3.63) is 30.0 Å². The lowest BCUT2D eigenvalue weighted by Gasteiger charge is -2.34. The van der Waals surface area contributed by atoms with E-state index in [0.717, 1.165) is 16.7 Å². The Kier molecular flexibility index (Phi) is 3.33. The molecule has 1 aliphatic carbocycles. The van der Waals surface area contributed by atoms with Crippen molar-refractivity contribution >= 4 is 16.9 Å². The van der Waals surface area contributed by atoms with Gasteiger partial charge in [0.05, 0.1) is 0 Å². The van der Waals surface area contributed by atoms with Gasteiger partial charge in [-0.3, -0.25) is 9.69 Å². The molecule has 1 aromatic heterocycles. The number of rotatable bonds is 3. The number of carbonyl (C=O) groups excluding carboxylic acids is 1. The number of hydrogen-bond donors (Lipinski definition) is 0. The number of halogens is 2. The summed E-state index contributed by atoms with van der Waals surface area (Å²) in [4.78, 5) is 15.7. The van der Waals surface area contributed by atoms with Gasteiger partial charge in [-0.15, -0.1) is 0 Å². The number of benzene rings is 1. The molecular weight excluding hydrogens is 304 g/mol. The second-order valence-electron chi connectivity index (χ2n) is 6.24. The maximum Gasteiger partial charge on any atom is 0.260 e. The maximum absolute atomic E-state index is 13.0. The zero-order chi connectivity index (χ0) is 16.0. The highest BCUT2D eigenvalue weighted by atomic mass is 19.3. The topological polar surface area (TPSA) is 49.6 Å². The Balaban J connectivity index is 1.36. The third-order valence-corrected chi connectivity index (χ3v) is 4.63. The Morgan fingerprint density at radius 3 is 2.65 bits per heavy atom. The summed E-state index contributed by atoms with van der Waals surface area (Å²) in [6.45, 7) is 2.93. The van der Waals surface area contributed by atoms with Crippen LogP contribution in [0.15, 0.2) is 28.8 Å². The first-order valence-electron chi connectivity index (χ1n) is 7.77. The fraction of sp³-hybridized carbons (Fsp3) is 0.500. The number of alkyl halides is 2. The van der Waals surface area contributed by atoms with Gasteiger partial charge < -0.3 is 9.42 Å². The van der Waals surface area contributed by atoms with E-state index in [2.05, 4.69) is 10.1 Å². The van der Waals surface area contributed by atoms with Crippen LogP contribution in [0.5, 0.6) is 0 Å². The van der Waals surface area contributed by atoms with Gasteiger partial charge in [-0.1, -0.05) is 17.3 Å². The van der Waals surface area contributed by atoms with E-state index in [1.54, 1.807) is 4.90 Å². The highest BCUT2D eigenvalue weighted by Crippen LogP contribution is 2.49. The summed E-state index contributed by atoms with van der Waals surface area (Å²) in [7, 11) is 0. The molecule has 0 bridgehead atoms. The first-order valence-corrected chi connectivity index (χ1v) is 7.77. The molecule has 0 N–H and O–H groups in total. The van der Waals surface area contributed by atoms with E-state index in [0.29, 0.717) is 32.7 Å². The lowest BCUT2D eigenvalue weighted by atomic mass is 10.2. The van der Waals surface area contributed by atoms with E-state index < -0.39 is 17.7 Å². The number of aromatic nitrogens is 1. The minimum absolute atomic E-state index is 0.295. The third-order valence-electron chi connectivity index (χ3n) is 4.63. The monoisotopic (exact) mass is 321 g/mol. The molecule has 2 aromatic rings. The predicted octanol–water partition coefficient (Wildman–Crippen LogP) is 2.13. The molecule has 1 saturated heterocycles. The van der Waals surface area contributed by atoms with Crippen LogP contribution in [0.2, 0.25) is 0 Å². The minimum atomic E-state index is -2.78. The first kappa shape index (κ1) is 14.6. The van der Waals surface area contributed by atoms with Crippen molar-refractivity contribution in [3.8, 4) is 0 Å². The largest absolute Gasteiger partial charge is 0.356 e. The van der Waals surface area contributed by atoms with Crippen LogP contribution < -0.4 is 0 Å². The second-order valence-corrected chi connectivity index (χ2v) is 6.24. The predicted molar refractivity (Wildman–Crippen MR) is 78.9 cm³/mol. The van der Waals surface area contributed by atoms with Crippen LogP contribution in [0, 0.1) is 5.92 Å². The summed E-state index contributed by atoms with van der Waals surface area (Å²) >= 11 is 0. The average molecular weight is 321 g/mol. The van der Waals surface area contributed by atoms with E-state index >= 15 is 0 Å². The summed E-state index contributed by atoms with van der Waals surface area (Å²) in [5, 5.41) is 5.09. The summed E-state index contributed by atoms with van der Waals surface area (Å²) in [5.74, 6) is -4.27. The van der Waals surface area contributed by atoms with E-state index in [-0.39, 0.29) is 6.42 Å². The zero-order valence-corrected chi connectivity index (χ0v) is 12.5. The lowest BCUT2D eigenvalue weighted by molar-refractivity contribution is -0.136. The maximum atomic E-state index is 13.0. The Bertz CT molecular complexity index is 738. The molecule has 1 saturated carbocycles. The molecule has 2 fully saturated rings. The molecule has 0 radical (unpaired) electrons. The fourth-order valence-electron chi connectivity index (χ4n) is 3.09. The number of fused-ring (bicyclic) bond motifs is 1. The van der Waals surface area contributed by atoms with Crippen molar-refractivity contribution in [2.45, 2.75) is 18.9 Å². The summed E-state index contributed by atoms with van der Waals surface area (Å²) in [5.41, 5.74) is 1.63. The lowest BCUT2D eigenvalue weighted by Crippen LogP contribution is -2.49. The minimum Gasteiger partial charge on any atom is -0.356 e. The number of nitrogens with zero attached hydrogens (tertiary/aromatic N) is 3. The molecule has 4 rings (SSSR count). The molecule has 23 heavy (non-hydrogen) atoms. The molecule has 1 aliphatic heterocycles. The Hall–Kier alpha value is -2.02. The van der Waals surface area contributed by atoms with E-state index in [9.17, 15) is 13.6 Å². The number of para-hydroxylation sites is 1.